The average molecular weight is 406 g/mol. The highest BCUT2D eigenvalue weighted by atomic mass is 35.5. The van der Waals surface area contributed by atoms with E-state index < -0.39 is 27.9 Å². The minimum absolute atomic E-state index is 0.0950. The van der Waals surface area contributed by atoms with E-state index in [0.29, 0.717) is 12.8 Å². The van der Waals surface area contributed by atoms with E-state index in [-0.39, 0.29) is 27.1 Å². The Kier molecular flexibility index (Phi) is 5.04. The molecule has 0 amide bonds. The van der Waals surface area contributed by atoms with E-state index in [1.54, 1.807) is 0 Å². The van der Waals surface area contributed by atoms with Crippen LogP contribution >= 0.6 is 11.6 Å². The van der Waals surface area contributed by atoms with E-state index in [0.717, 1.165) is 12.1 Å². The van der Waals surface area contributed by atoms with Gasteiger partial charge in [0.25, 0.3) is 0 Å². The first-order chi connectivity index (χ1) is 12.1. The van der Waals surface area contributed by atoms with Crippen LogP contribution < -0.4 is 4.72 Å². The van der Waals surface area contributed by atoms with Gasteiger partial charge in [0.1, 0.15) is 0 Å². The maximum absolute atomic E-state index is 13.2. The lowest BCUT2D eigenvalue weighted by Gasteiger charge is -2.31. The minimum Gasteiger partial charge on any atom is -0.393 e. The Bertz CT molecular complexity index is 925. The van der Waals surface area contributed by atoms with Crippen molar-refractivity contribution in [3.8, 4) is 11.1 Å². The number of hydrogen-bond donors (Lipinski definition) is 2. The first-order valence-electron chi connectivity index (χ1n) is 7.74. The van der Waals surface area contributed by atoms with Gasteiger partial charge in [0.05, 0.1) is 16.6 Å². The molecule has 1 aliphatic carbocycles. The number of rotatable bonds is 4. The third kappa shape index (κ3) is 3.88. The van der Waals surface area contributed by atoms with Gasteiger partial charge in [-0.2, -0.15) is 13.2 Å². The Labute approximate surface area is 153 Å². The highest BCUT2D eigenvalue weighted by Crippen LogP contribution is 2.39. The molecule has 0 bridgehead atoms. The van der Waals surface area contributed by atoms with Gasteiger partial charge in [-0.15, -0.1) is 0 Å². The number of halogens is 4. The molecule has 0 aliphatic heterocycles. The van der Waals surface area contributed by atoms with Crippen molar-refractivity contribution in [1.82, 2.24) is 4.72 Å². The average Bonchev–Trinajstić information content (AvgIpc) is 2.52. The smallest absolute Gasteiger partial charge is 0.393 e. The molecule has 0 heterocycles. The van der Waals surface area contributed by atoms with Gasteiger partial charge in [-0.05, 0) is 36.6 Å². The topological polar surface area (TPSA) is 66.4 Å². The Morgan fingerprint density at radius 3 is 2.31 bits per heavy atom. The van der Waals surface area contributed by atoms with E-state index >= 15 is 0 Å². The standard InChI is InChI=1S/C17H15ClF3NO3S/c18-16-9-12(26(24,25)22-10-7-11(23)8-10)5-6-14(16)13-3-1-2-4-15(13)17(19,20)21/h1-6,9-11,22-23H,7-8H2. The molecule has 0 unspecified atom stereocenters. The SMILES string of the molecule is O=S(=O)(NC1CC(O)C1)c1ccc(-c2ccccc2C(F)(F)F)c(Cl)c1. The zero-order valence-electron chi connectivity index (χ0n) is 13.3. The molecule has 140 valence electrons. The van der Waals surface area contributed by atoms with E-state index in [2.05, 4.69) is 4.72 Å². The summed E-state index contributed by atoms with van der Waals surface area (Å²) >= 11 is 6.10. The molecular weight excluding hydrogens is 391 g/mol. The fourth-order valence-corrected chi connectivity index (χ4v) is 4.45. The van der Waals surface area contributed by atoms with Crippen molar-refractivity contribution in [1.29, 1.82) is 0 Å². The van der Waals surface area contributed by atoms with Gasteiger partial charge in [0.2, 0.25) is 10.0 Å². The largest absolute Gasteiger partial charge is 0.417 e. The molecule has 2 aromatic carbocycles. The van der Waals surface area contributed by atoms with Crippen molar-refractivity contribution in [3.63, 3.8) is 0 Å². The number of hydrogen-bond acceptors (Lipinski definition) is 3. The van der Waals surface area contributed by atoms with Crippen LogP contribution in [-0.4, -0.2) is 25.7 Å². The lowest BCUT2D eigenvalue weighted by Crippen LogP contribution is -2.46. The zero-order chi connectivity index (χ0) is 19.1. The first-order valence-corrected chi connectivity index (χ1v) is 9.60. The lowest BCUT2D eigenvalue weighted by atomic mass is 9.91. The van der Waals surface area contributed by atoms with Crippen LogP contribution in [0.5, 0.6) is 0 Å². The summed E-state index contributed by atoms with van der Waals surface area (Å²) in [5.41, 5.74) is -0.874. The molecule has 1 fully saturated rings. The van der Waals surface area contributed by atoms with Crippen LogP contribution in [0.1, 0.15) is 18.4 Å². The molecule has 2 N–H and O–H groups in total. The molecule has 1 saturated carbocycles. The molecular formula is C17H15ClF3NO3S. The van der Waals surface area contributed by atoms with Crippen LogP contribution in [0.3, 0.4) is 0 Å². The predicted octanol–water partition coefficient (Wildman–Crippen LogP) is 3.83. The summed E-state index contributed by atoms with van der Waals surface area (Å²) in [6.45, 7) is 0. The molecule has 0 atom stereocenters. The van der Waals surface area contributed by atoms with E-state index in [9.17, 15) is 26.7 Å². The van der Waals surface area contributed by atoms with Gasteiger partial charge < -0.3 is 5.11 Å². The number of benzene rings is 2. The number of nitrogens with one attached hydrogen (secondary N) is 1. The van der Waals surface area contributed by atoms with Crippen LogP contribution in [0, 0.1) is 0 Å². The molecule has 4 nitrogen and oxygen atoms in total. The second kappa shape index (κ2) is 6.84. The first kappa shape index (κ1) is 19.2. The Hall–Kier alpha value is -1.61. The summed E-state index contributed by atoms with van der Waals surface area (Å²) in [6, 6.07) is 8.20. The fourth-order valence-electron chi connectivity index (χ4n) is 2.82. The highest BCUT2D eigenvalue weighted by molar-refractivity contribution is 7.89. The molecule has 2 aromatic rings. The van der Waals surface area contributed by atoms with Crippen molar-refractivity contribution >= 4 is 21.6 Å². The lowest BCUT2D eigenvalue weighted by molar-refractivity contribution is -0.137. The van der Waals surface area contributed by atoms with Gasteiger partial charge in [-0.1, -0.05) is 35.9 Å². The summed E-state index contributed by atoms with van der Waals surface area (Å²) < 4.78 is 66.7. The van der Waals surface area contributed by atoms with Crippen molar-refractivity contribution in [2.24, 2.45) is 0 Å². The van der Waals surface area contributed by atoms with Crippen LogP contribution in [0.15, 0.2) is 47.4 Å². The number of aliphatic hydroxyl groups is 1. The number of sulfonamides is 1. The Morgan fingerprint density at radius 1 is 1.08 bits per heavy atom. The predicted molar refractivity (Wildman–Crippen MR) is 91.2 cm³/mol. The zero-order valence-corrected chi connectivity index (χ0v) is 14.9. The second-order valence-electron chi connectivity index (χ2n) is 6.13. The van der Waals surface area contributed by atoms with Gasteiger partial charge in [-0.3, -0.25) is 0 Å². The molecule has 1 aliphatic rings. The van der Waals surface area contributed by atoms with Gasteiger partial charge in [-0.25, -0.2) is 13.1 Å². The summed E-state index contributed by atoms with van der Waals surface area (Å²) in [5, 5.41) is 9.14. The van der Waals surface area contributed by atoms with Crippen molar-refractivity contribution in [2.75, 3.05) is 0 Å². The van der Waals surface area contributed by atoms with Gasteiger partial charge in [0, 0.05) is 16.6 Å². The van der Waals surface area contributed by atoms with Gasteiger partial charge in [0.15, 0.2) is 0 Å². The Balaban J connectivity index is 1.94. The minimum atomic E-state index is -4.56. The summed E-state index contributed by atoms with van der Waals surface area (Å²) in [4.78, 5) is -0.142. The molecule has 9 heteroatoms. The van der Waals surface area contributed by atoms with Gasteiger partial charge >= 0.3 is 6.18 Å². The van der Waals surface area contributed by atoms with Crippen molar-refractivity contribution < 1.29 is 26.7 Å². The molecule has 0 aromatic heterocycles. The number of aliphatic hydroxyl groups excluding tert-OH is 1. The number of alkyl halides is 3. The maximum Gasteiger partial charge on any atom is 0.417 e. The summed E-state index contributed by atoms with van der Waals surface area (Å²) in [6.07, 6.45) is -4.43. The quantitative estimate of drug-likeness (QED) is 0.812. The van der Waals surface area contributed by atoms with Crippen molar-refractivity contribution in [2.45, 2.75) is 36.1 Å². The normalized spacial score (nSPS) is 20.7. The Morgan fingerprint density at radius 2 is 1.73 bits per heavy atom. The highest BCUT2D eigenvalue weighted by Gasteiger charge is 2.34. The van der Waals surface area contributed by atoms with Crippen molar-refractivity contribution in [3.05, 3.63) is 53.1 Å². The van der Waals surface area contributed by atoms with Crippen LogP contribution in [0.25, 0.3) is 11.1 Å². The van der Waals surface area contributed by atoms with E-state index in [1.807, 2.05) is 0 Å². The molecule has 0 saturated heterocycles. The molecule has 0 spiro atoms. The third-order valence-corrected chi connectivity index (χ3v) is 6.04. The van der Waals surface area contributed by atoms with Crippen LogP contribution in [0.2, 0.25) is 5.02 Å². The molecule has 3 rings (SSSR count). The van der Waals surface area contributed by atoms with Crippen LogP contribution in [0.4, 0.5) is 13.2 Å². The summed E-state index contributed by atoms with van der Waals surface area (Å²) in [5.74, 6) is 0. The maximum atomic E-state index is 13.2. The third-order valence-electron chi connectivity index (χ3n) is 4.21. The monoisotopic (exact) mass is 405 g/mol. The summed E-state index contributed by atoms with van der Waals surface area (Å²) in [7, 11) is -3.87. The van der Waals surface area contributed by atoms with E-state index in [1.165, 1.54) is 30.3 Å². The fraction of sp³-hybridized carbons (Fsp3) is 0.294. The van der Waals surface area contributed by atoms with Crippen LogP contribution in [-0.2, 0) is 16.2 Å². The molecule has 0 radical (unpaired) electrons. The molecule has 26 heavy (non-hydrogen) atoms. The second-order valence-corrected chi connectivity index (χ2v) is 8.25. The van der Waals surface area contributed by atoms with E-state index in [4.69, 9.17) is 11.6 Å².